The molecule has 2 heterocycles. The van der Waals surface area contributed by atoms with E-state index in [9.17, 15) is 4.79 Å². The van der Waals surface area contributed by atoms with Crippen LogP contribution in [0.1, 0.15) is 16.1 Å². The van der Waals surface area contributed by atoms with Crippen LogP contribution in [-0.4, -0.2) is 16.0 Å². The van der Waals surface area contributed by atoms with Gasteiger partial charge in [0.1, 0.15) is 10.7 Å². The largest absolute Gasteiger partial charge is 0.350 e. The minimum Gasteiger partial charge on any atom is -0.350 e. The second-order valence-electron chi connectivity index (χ2n) is 4.26. The molecule has 2 aromatic heterocycles. The van der Waals surface area contributed by atoms with E-state index in [0.29, 0.717) is 10.7 Å². The Hall–Kier alpha value is -2.47. The first-order chi connectivity index (χ1) is 9.72. The van der Waals surface area contributed by atoms with Crippen molar-refractivity contribution in [2.75, 3.05) is 5.32 Å². The number of benzene rings is 1. The molecule has 0 saturated heterocycles. The number of anilines is 1. The summed E-state index contributed by atoms with van der Waals surface area (Å²) in [5, 5.41) is 7.28. The molecule has 3 rings (SSSR count). The fourth-order valence-electron chi connectivity index (χ4n) is 1.69. The van der Waals surface area contributed by atoms with Crippen LogP contribution >= 0.6 is 11.3 Å². The molecule has 100 valence electrons. The smallest absolute Gasteiger partial charge is 0.294 e. The van der Waals surface area contributed by atoms with E-state index in [-0.39, 0.29) is 11.7 Å². The average molecular weight is 285 g/mol. The molecule has 0 aliphatic rings. The third-order valence-corrected chi connectivity index (χ3v) is 3.44. The third-order valence-electron chi connectivity index (χ3n) is 2.75. The van der Waals surface area contributed by atoms with Crippen molar-refractivity contribution in [1.82, 2.24) is 10.1 Å². The fourth-order valence-corrected chi connectivity index (χ4v) is 2.20. The SMILES string of the molecule is Cc1ccc(-c2cc(C(=O)Nc3cncs3)on2)cc1. The first-order valence-electron chi connectivity index (χ1n) is 5.96. The van der Waals surface area contributed by atoms with Gasteiger partial charge in [-0.25, -0.2) is 0 Å². The van der Waals surface area contributed by atoms with Crippen molar-refractivity contribution in [2.24, 2.45) is 0 Å². The van der Waals surface area contributed by atoms with Crippen LogP contribution in [0.2, 0.25) is 0 Å². The van der Waals surface area contributed by atoms with Crippen LogP contribution in [0.15, 0.2) is 46.6 Å². The Labute approximate surface area is 119 Å². The van der Waals surface area contributed by atoms with E-state index >= 15 is 0 Å². The van der Waals surface area contributed by atoms with Crippen LogP contribution in [0.3, 0.4) is 0 Å². The maximum absolute atomic E-state index is 11.9. The summed E-state index contributed by atoms with van der Waals surface area (Å²) in [7, 11) is 0. The van der Waals surface area contributed by atoms with Crippen molar-refractivity contribution < 1.29 is 9.32 Å². The Kier molecular flexibility index (Phi) is 3.30. The average Bonchev–Trinajstić information content (AvgIpc) is 3.10. The maximum Gasteiger partial charge on any atom is 0.294 e. The van der Waals surface area contributed by atoms with E-state index < -0.39 is 0 Å². The van der Waals surface area contributed by atoms with Gasteiger partial charge in [0.2, 0.25) is 5.76 Å². The highest BCUT2D eigenvalue weighted by atomic mass is 32.1. The zero-order valence-electron chi connectivity index (χ0n) is 10.7. The Balaban J connectivity index is 1.79. The van der Waals surface area contributed by atoms with Crippen molar-refractivity contribution in [1.29, 1.82) is 0 Å². The Morgan fingerprint density at radius 1 is 1.30 bits per heavy atom. The number of nitrogens with one attached hydrogen (secondary N) is 1. The van der Waals surface area contributed by atoms with Gasteiger partial charge in [0.25, 0.3) is 5.91 Å². The standard InChI is InChI=1S/C14H11N3O2S/c1-9-2-4-10(5-3-9)11-6-12(19-17-11)14(18)16-13-7-15-8-20-13/h2-8H,1H3,(H,16,18). The van der Waals surface area contributed by atoms with E-state index in [1.165, 1.54) is 16.9 Å². The zero-order chi connectivity index (χ0) is 13.9. The number of carbonyl (C=O) groups is 1. The lowest BCUT2D eigenvalue weighted by Crippen LogP contribution is -2.09. The number of hydrogen-bond acceptors (Lipinski definition) is 5. The highest BCUT2D eigenvalue weighted by Crippen LogP contribution is 2.21. The number of rotatable bonds is 3. The molecule has 3 aromatic rings. The van der Waals surface area contributed by atoms with Gasteiger partial charge in [-0.1, -0.05) is 35.0 Å². The van der Waals surface area contributed by atoms with Gasteiger partial charge in [0.15, 0.2) is 0 Å². The van der Waals surface area contributed by atoms with E-state index in [1.807, 2.05) is 31.2 Å². The van der Waals surface area contributed by atoms with Crippen molar-refractivity contribution in [3.8, 4) is 11.3 Å². The number of carbonyl (C=O) groups excluding carboxylic acids is 1. The summed E-state index contributed by atoms with van der Waals surface area (Å²) >= 11 is 1.35. The van der Waals surface area contributed by atoms with Gasteiger partial charge in [-0.15, -0.1) is 11.3 Å². The lowest BCUT2D eigenvalue weighted by molar-refractivity contribution is 0.0988. The Morgan fingerprint density at radius 3 is 2.80 bits per heavy atom. The molecule has 0 bridgehead atoms. The number of hydrogen-bond donors (Lipinski definition) is 1. The van der Waals surface area contributed by atoms with Crippen LogP contribution < -0.4 is 5.32 Å². The molecule has 0 spiro atoms. The van der Waals surface area contributed by atoms with Gasteiger partial charge in [0.05, 0.1) is 11.7 Å². The number of aromatic nitrogens is 2. The molecular formula is C14H11N3O2S. The normalized spacial score (nSPS) is 10.4. The number of aryl methyl sites for hydroxylation is 1. The van der Waals surface area contributed by atoms with E-state index in [4.69, 9.17) is 4.52 Å². The van der Waals surface area contributed by atoms with Crippen LogP contribution in [-0.2, 0) is 0 Å². The monoisotopic (exact) mass is 285 g/mol. The van der Waals surface area contributed by atoms with Gasteiger partial charge in [-0.05, 0) is 6.92 Å². The molecule has 0 fully saturated rings. The highest BCUT2D eigenvalue weighted by molar-refractivity contribution is 7.14. The molecular weight excluding hydrogens is 274 g/mol. The topological polar surface area (TPSA) is 68.0 Å². The van der Waals surface area contributed by atoms with Gasteiger partial charge >= 0.3 is 0 Å². The lowest BCUT2D eigenvalue weighted by Gasteiger charge is -1.96. The minimum absolute atomic E-state index is 0.175. The molecule has 6 heteroatoms. The summed E-state index contributed by atoms with van der Waals surface area (Å²) in [4.78, 5) is 15.8. The van der Waals surface area contributed by atoms with Gasteiger partial charge in [-0.3, -0.25) is 9.78 Å². The minimum atomic E-state index is -0.333. The summed E-state index contributed by atoms with van der Waals surface area (Å²) in [6, 6.07) is 9.49. The zero-order valence-corrected chi connectivity index (χ0v) is 11.5. The summed E-state index contributed by atoms with van der Waals surface area (Å²) in [5.74, 6) is -0.158. The lowest BCUT2D eigenvalue weighted by atomic mass is 10.1. The van der Waals surface area contributed by atoms with Crippen LogP contribution in [0.4, 0.5) is 5.00 Å². The predicted molar refractivity (Wildman–Crippen MR) is 76.7 cm³/mol. The Bertz CT molecular complexity index is 717. The molecule has 0 unspecified atom stereocenters. The molecule has 1 N–H and O–H groups in total. The quantitative estimate of drug-likeness (QED) is 0.801. The van der Waals surface area contributed by atoms with Crippen LogP contribution in [0.5, 0.6) is 0 Å². The first-order valence-corrected chi connectivity index (χ1v) is 6.84. The van der Waals surface area contributed by atoms with Crippen molar-refractivity contribution in [2.45, 2.75) is 6.92 Å². The van der Waals surface area contributed by atoms with E-state index in [2.05, 4.69) is 15.5 Å². The molecule has 0 aliphatic carbocycles. The number of amides is 1. The number of thiazole rings is 1. The summed E-state index contributed by atoms with van der Waals surface area (Å²) in [6.07, 6.45) is 1.58. The molecule has 1 amide bonds. The maximum atomic E-state index is 11.9. The Morgan fingerprint density at radius 2 is 2.10 bits per heavy atom. The van der Waals surface area contributed by atoms with Crippen molar-refractivity contribution >= 4 is 22.2 Å². The van der Waals surface area contributed by atoms with E-state index in [0.717, 1.165) is 5.56 Å². The molecule has 0 atom stereocenters. The highest BCUT2D eigenvalue weighted by Gasteiger charge is 2.14. The van der Waals surface area contributed by atoms with Gasteiger partial charge in [-0.2, -0.15) is 0 Å². The predicted octanol–water partition coefficient (Wildman–Crippen LogP) is 3.36. The molecule has 20 heavy (non-hydrogen) atoms. The van der Waals surface area contributed by atoms with Crippen molar-refractivity contribution in [3.63, 3.8) is 0 Å². The summed E-state index contributed by atoms with van der Waals surface area (Å²) < 4.78 is 5.08. The van der Waals surface area contributed by atoms with Gasteiger partial charge < -0.3 is 9.84 Å². The van der Waals surface area contributed by atoms with Crippen LogP contribution in [0.25, 0.3) is 11.3 Å². The molecule has 0 saturated carbocycles. The fraction of sp³-hybridized carbons (Fsp3) is 0.0714. The third kappa shape index (κ3) is 2.60. The first kappa shape index (κ1) is 12.6. The van der Waals surface area contributed by atoms with Crippen molar-refractivity contribution in [3.05, 3.63) is 53.4 Å². The molecule has 0 aliphatic heterocycles. The van der Waals surface area contributed by atoms with Gasteiger partial charge in [0, 0.05) is 11.6 Å². The number of nitrogens with zero attached hydrogens (tertiary/aromatic N) is 2. The molecule has 5 nitrogen and oxygen atoms in total. The van der Waals surface area contributed by atoms with Crippen LogP contribution in [0, 0.1) is 6.92 Å². The second kappa shape index (κ2) is 5.26. The molecule has 1 aromatic carbocycles. The second-order valence-corrected chi connectivity index (χ2v) is 5.15. The molecule has 0 radical (unpaired) electrons. The summed E-state index contributed by atoms with van der Waals surface area (Å²) in [6.45, 7) is 2.01. The van der Waals surface area contributed by atoms with E-state index in [1.54, 1.807) is 17.8 Å². The summed E-state index contributed by atoms with van der Waals surface area (Å²) in [5.41, 5.74) is 4.37.